The molecule has 0 aromatic heterocycles. The maximum atomic E-state index is 5.74. The van der Waals surface area contributed by atoms with Gasteiger partial charge >= 0.3 is 0 Å². The predicted molar refractivity (Wildman–Crippen MR) is 50.0 cm³/mol. The van der Waals surface area contributed by atoms with Crippen molar-refractivity contribution in [3.63, 3.8) is 0 Å². The van der Waals surface area contributed by atoms with Crippen LogP contribution in [0.3, 0.4) is 0 Å². The molecule has 0 radical (unpaired) electrons. The molecular formula is C8H6Cl2N2. The molecule has 0 amide bonds. The van der Waals surface area contributed by atoms with E-state index in [1.165, 1.54) is 9.06 Å². The van der Waals surface area contributed by atoms with Crippen LogP contribution in [0.25, 0.3) is 12.4 Å². The van der Waals surface area contributed by atoms with Gasteiger partial charge in [0.25, 0.3) is 0 Å². The van der Waals surface area contributed by atoms with Crippen LogP contribution >= 0.6 is 23.6 Å². The molecule has 1 heterocycles. The topological polar surface area (TPSA) is 6.48 Å². The number of hydrazine groups is 1. The zero-order valence-corrected chi connectivity index (χ0v) is 7.63. The molecule has 62 valence electrons. The van der Waals surface area contributed by atoms with Crippen molar-refractivity contribution in [1.82, 2.24) is 9.06 Å². The van der Waals surface area contributed by atoms with Gasteiger partial charge < -0.3 is 0 Å². The smallest absolute Gasteiger partial charge is 0.0494 e. The molecule has 1 aliphatic rings. The zero-order valence-electron chi connectivity index (χ0n) is 6.11. The first-order valence-electron chi connectivity index (χ1n) is 3.46. The average molecular weight is 201 g/mol. The second-order valence-corrected chi connectivity index (χ2v) is 3.16. The third-order valence-corrected chi connectivity index (χ3v) is 2.27. The van der Waals surface area contributed by atoms with Gasteiger partial charge in [-0.3, -0.25) is 0 Å². The largest absolute Gasteiger partial charge is 0.185 e. The van der Waals surface area contributed by atoms with Crippen LogP contribution in [0.15, 0.2) is 24.3 Å². The third kappa shape index (κ3) is 1.24. The molecule has 0 aliphatic carbocycles. The quantitative estimate of drug-likeness (QED) is 0.578. The number of rotatable bonds is 0. The molecule has 1 aromatic carbocycles. The van der Waals surface area contributed by atoms with E-state index < -0.39 is 0 Å². The van der Waals surface area contributed by atoms with Gasteiger partial charge in [-0.1, -0.05) is 24.3 Å². The number of hydrogen-bond donors (Lipinski definition) is 0. The van der Waals surface area contributed by atoms with E-state index in [0.29, 0.717) is 0 Å². The highest BCUT2D eigenvalue weighted by molar-refractivity contribution is 6.22. The molecule has 0 unspecified atom stereocenters. The van der Waals surface area contributed by atoms with Crippen molar-refractivity contribution < 1.29 is 0 Å². The van der Waals surface area contributed by atoms with Crippen LogP contribution < -0.4 is 10.4 Å². The Labute approximate surface area is 80.1 Å². The Morgan fingerprint density at radius 3 is 1.67 bits per heavy atom. The summed E-state index contributed by atoms with van der Waals surface area (Å²) < 4.78 is 2.59. The third-order valence-electron chi connectivity index (χ3n) is 1.67. The van der Waals surface area contributed by atoms with Crippen LogP contribution in [0.5, 0.6) is 0 Å². The van der Waals surface area contributed by atoms with Crippen molar-refractivity contribution in [2.24, 2.45) is 0 Å². The first-order chi connectivity index (χ1) is 5.77. The van der Waals surface area contributed by atoms with Crippen molar-refractivity contribution in [1.29, 1.82) is 0 Å². The molecule has 0 saturated heterocycles. The summed E-state index contributed by atoms with van der Waals surface area (Å²) in [7, 11) is 0. The molecule has 0 spiro atoms. The van der Waals surface area contributed by atoms with Gasteiger partial charge in [-0.25, -0.2) is 0 Å². The van der Waals surface area contributed by atoms with E-state index in [2.05, 4.69) is 0 Å². The number of hydrogen-bond acceptors (Lipinski definition) is 2. The van der Waals surface area contributed by atoms with Crippen molar-refractivity contribution in [3.8, 4) is 0 Å². The standard InChI is InChI=1S/C8H6Cl2N2/c9-11-5-7-3-1-2-4-8(7)6-12(11)10/h1-6H. The lowest BCUT2D eigenvalue weighted by Crippen LogP contribution is -2.36. The number of nitrogens with zero attached hydrogens (tertiary/aromatic N) is 2. The van der Waals surface area contributed by atoms with Gasteiger partial charge in [0, 0.05) is 46.4 Å². The van der Waals surface area contributed by atoms with Gasteiger partial charge in [-0.2, -0.15) is 9.06 Å². The fraction of sp³-hybridized carbons (Fsp3) is 0. The fourth-order valence-corrected chi connectivity index (χ4v) is 1.38. The molecule has 0 atom stereocenters. The lowest BCUT2D eigenvalue weighted by molar-refractivity contribution is 0.381. The number of benzene rings is 1. The van der Waals surface area contributed by atoms with Gasteiger partial charge in [-0.05, 0) is 0 Å². The average Bonchev–Trinajstić information content (AvgIpc) is 2.07. The lowest BCUT2D eigenvalue weighted by Gasteiger charge is -2.20. The summed E-state index contributed by atoms with van der Waals surface area (Å²) in [6.45, 7) is 0. The first-order valence-corrected chi connectivity index (χ1v) is 4.14. The maximum Gasteiger partial charge on any atom is 0.0494 e. The summed E-state index contributed by atoms with van der Waals surface area (Å²) in [6, 6.07) is 7.87. The predicted octanol–water partition coefficient (Wildman–Crippen LogP) is 1.00. The van der Waals surface area contributed by atoms with E-state index >= 15 is 0 Å². The van der Waals surface area contributed by atoms with Gasteiger partial charge in [0.15, 0.2) is 0 Å². The van der Waals surface area contributed by atoms with Crippen LogP contribution in [0.2, 0.25) is 0 Å². The van der Waals surface area contributed by atoms with Gasteiger partial charge in [0.2, 0.25) is 0 Å². The molecule has 12 heavy (non-hydrogen) atoms. The fourth-order valence-electron chi connectivity index (χ4n) is 1.09. The lowest BCUT2D eigenvalue weighted by atomic mass is 10.2. The van der Waals surface area contributed by atoms with Gasteiger partial charge in [0.05, 0.1) is 0 Å². The normalized spacial score (nSPS) is 14.8. The SMILES string of the molecule is ClN1C=c2ccccc2=CN1Cl. The minimum atomic E-state index is 1.06. The summed E-state index contributed by atoms with van der Waals surface area (Å²) in [6.07, 6.45) is 3.51. The van der Waals surface area contributed by atoms with E-state index in [1.54, 1.807) is 12.4 Å². The molecule has 1 aromatic rings. The monoisotopic (exact) mass is 200 g/mol. The Hall–Kier alpha value is -0.860. The Kier molecular flexibility index (Phi) is 1.87. The van der Waals surface area contributed by atoms with Crippen molar-refractivity contribution >= 4 is 36.0 Å². The van der Waals surface area contributed by atoms with Gasteiger partial charge in [-0.15, -0.1) is 0 Å². The molecule has 2 rings (SSSR count). The molecule has 4 heteroatoms. The van der Waals surface area contributed by atoms with Crippen molar-refractivity contribution in [2.75, 3.05) is 0 Å². The minimum absolute atomic E-state index is 1.06. The Balaban J connectivity index is 2.70. The highest BCUT2D eigenvalue weighted by atomic mass is 35.5. The minimum Gasteiger partial charge on any atom is -0.185 e. The first kappa shape index (κ1) is 7.77. The Morgan fingerprint density at radius 2 is 1.25 bits per heavy atom. The zero-order chi connectivity index (χ0) is 8.55. The van der Waals surface area contributed by atoms with E-state index in [9.17, 15) is 0 Å². The summed E-state index contributed by atoms with van der Waals surface area (Å²) >= 11 is 11.5. The molecule has 0 saturated carbocycles. The van der Waals surface area contributed by atoms with Gasteiger partial charge in [0.1, 0.15) is 0 Å². The number of fused-ring (bicyclic) bond motifs is 1. The van der Waals surface area contributed by atoms with Crippen molar-refractivity contribution in [3.05, 3.63) is 34.7 Å². The molecular weight excluding hydrogens is 195 g/mol. The van der Waals surface area contributed by atoms with E-state index in [4.69, 9.17) is 23.6 Å². The van der Waals surface area contributed by atoms with Crippen LogP contribution in [0.1, 0.15) is 0 Å². The van der Waals surface area contributed by atoms with E-state index in [-0.39, 0.29) is 0 Å². The summed E-state index contributed by atoms with van der Waals surface area (Å²) in [5.41, 5.74) is 0. The number of halogens is 2. The van der Waals surface area contributed by atoms with E-state index in [1.807, 2.05) is 24.3 Å². The van der Waals surface area contributed by atoms with Crippen LogP contribution in [-0.4, -0.2) is 9.06 Å². The van der Waals surface area contributed by atoms with Crippen LogP contribution in [-0.2, 0) is 0 Å². The van der Waals surface area contributed by atoms with Crippen molar-refractivity contribution in [2.45, 2.75) is 0 Å². The summed E-state index contributed by atoms with van der Waals surface area (Å²) in [4.78, 5) is 0. The molecule has 0 bridgehead atoms. The molecule has 2 nitrogen and oxygen atoms in total. The molecule has 0 N–H and O–H groups in total. The summed E-state index contributed by atoms with van der Waals surface area (Å²) in [5.74, 6) is 0. The second kappa shape index (κ2) is 2.88. The molecule has 0 fully saturated rings. The Morgan fingerprint density at radius 1 is 0.833 bits per heavy atom. The maximum absolute atomic E-state index is 5.74. The van der Waals surface area contributed by atoms with Crippen LogP contribution in [0, 0.1) is 0 Å². The summed E-state index contributed by atoms with van der Waals surface area (Å²) in [5, 5.41) is 2.12. The van der Waals surface area contributed by atoms with Crippen LogP contribution in [0.4, 0.5) is 0 Å². The van der Waals surface area contributed by atoms with E-state index in [0.717, 1.165) is 10.4 Å². The highest BCUT2D eigenvalue weighted by Gasteiger charge is 2.05. The second-order valence-electron chi connectivity index (χ2n) is 2.46. The molecule has 1 aliphatic heterocycles. The highest BCUT2D eigenvalue weighted by Crippen LogP contribution is 2.08. The Bertz CT molecular complexity index is 363.